The van der Waals surface area contributed by atoms with Crippen LogP contribution < -0.4 is 5.32 Å². The summed E-state index contributed by atoms with van der Waals surface area (Å²) in [5, 5.41) is 4.03. The lowest BCUT2D eigenvalue weighted by Crippen LogP contribution is -2.47. The lowest BCUT2D eigenvalue weighted by atomic mass is 10.2. The molecule has 1 saturated heterocycles. The lowest BCUT2D eigenvalue weighted by Gasteiger charge is -2.32. The summed E-state index contributed by atoms with van der Waals surface area (Å²) < 4.78 is 39.3. The SMILES string of the molecule is COCCn1c(CN(CCN2CCOCC2)C(=S)NC(C)C)cnc1S(=O)(=O)Cc1ccc(C)cc1. The van der Waals surface area contributed by atoms with Gasteiger partial charge in [-0.1, -0.05) is 29.8 Å². The molecule has 1 fully saturated rings. The molecule has 0 atom stereocenters. The van der Waals surface area contributed by atoms with E-state index < -0.39 is 9.84 Å². The van der Waals surface area contributed by atoms with E-state index in [0.29, 0.717) is 31.4 Å². The summed E-state index contributed by atoms with van der Waals surface area (Å²) in [6.45, 7) is 12.1. The minimum absolute atomic E-state index is 0.0611. The van der Waals surface area contributed by atoms with Crippen LogP contribution in [0, 0.1) is 6.92 Å². The fraction of sp³-hybridized carbons (Fsp3) is 0.600. The number of nitrogens with one attached hydrogen (secondary N) is 1. The zero-order valence-corrected chi connectivity index (χ0v) is 23.4. The number of thiocarbonyl (C=S) groups is 1. The fourth-order valence-corrected chi connectivity index (χ4v) is 5.94. The molecule has 0 aliphatic carbocycles. The van der Waals surface area contributed by atoms with Crippen molar-refractivity contribution in [1.82, 2.24) is 24.7 Å². The van der Waals surface area contributed by atoms with Crippen LogP contribution in [0.15, 0.2) is 35.6 Å². The van der Waals surface area contributed by atoms with E-state index in [0.717, 1.165) is 49.7 Å². The molecule has 1 aromatic carbocycles. The van der Waals surface area contributed by atoms with Crippen LogP contribution in [0.25, 0.3) is 0 Å². The molecule has 0 unspecified atom stereocenters. The molecule has 1 aliphatic heterocycles. The molecule has 200 valence electrons. The van der Waals surface area contributed by atoms with Gasteiger partial charge in [0.15, 0.2) is 5.11 Å². The van der Waals surface area contributed by atoms with Gasteiger partial charge in [0.1, 0.15) is 0 Å². The summed E-state index contributed by atoms with van der Waals surface area (Å²) in [7, 11) is -2.06. The van der Waals surface area contributed by atoms with Gasteiger partial charge in [-0.15, -0.1) is 0 Å². The summed E-state index contributed by atoms with van der Waals surface area (Å²) in [5.74, 6) is -0.106. The zero-order chi connectivity index (χ0) is 26.1. The van der Waals surface area contributed by atoms with Crippen LogP contribution in [0.3, 0.4) is 0 Å². The van der Waals surface area contributed by atoms with E-state index in [4.69, 9.17) is 21.7 Å². The Morgan fingerprint density at radius 1 is 1.22 bits per heavy atom. The highest BCUT2D eigenvalue weighted by Crippen LogP contribution is 2.19. The molecule has 0 bridgehead atoms. The van der Waals surface area contributed by atoms with Crippen molar-refractivity contribution in [3.8, 4) is 0 Å². The summed E-state index contributed by atoms with van der Waals surface area (Å²) in [5.41, 5.74) is 2.60. The van der Waals surface area contributed by atoms with Crippen LogP contribution in [-0.4, -0.2) is 92.0 Å². The van der Waals surface area contributed by atoms with Gasteiger partial charge in [-0.05, 0) is 38.6 Å². The third-order valence-electron chi connectivity index (χ3n) is 6.02. The lowest BCUT2D eigenvalue weighted by molar-refractivity contribution is 0.0356. The van der Waals surface area contributed by atoms with Gasteiger partial charge in [0.2, 0.25) is 15.0 Å². The van der Waals surface area contributed by atoms with Crippen LogP contribution in [0.1, 0.15) is 30.7 Å². The Kier molecular flexibility index (Phi) is 10.7. The van der Waals surface area contributed by atoms with Crippen molar-refractivity contribution >= 4 is 27.2 Å². The van der Waals surface area contributed by atoms with Crippen LogP contribution in [0.4, 0.5) is 0 Å². The number of aromatic nitrogens is 2. The maximum absolute atomic E-state index is 13.4. The standard InChI is InChI=1S/C25H39N5O4S2/c1-20(2)27-24(35)29(10-9-28-11-15-34-16-12-28)18-23-17-26-25(30(23)13-14-33-4)36(31,32)19-22-7-5-21(3)6-8-22/h5-8,17,20H,9-16,18-19H2,1-4H3,(H,27,35). The van der Waals surface area contributed by atoms with Gasteiger partial charge in [0.05, 0.1) is 44.0 Å². The number of hydrogen-bond donors (Lipinski definition) is 1. The van der Waals surface area contributed by atoms with Gasteiger partial charge in [0, 0.05) is 45.9 Å². The van der Waals surface area contributed by atoms with E-state index >= 15 is 0 Å². The number of methoxy groups -OCH3 is 1. The molecule has 36 heavy (non-hydrogen) atoms. The average Bonchev–Trinajstić information content (AvgIpc) is 3.25. The number of benzene rings is 1. The van der Waals surface area contributed by atoms with Crippen molar-refractivity contribution in [3.05, 3.63) is 47.3 Å². The Balaban J connectivity index is 1.84. The van der Waals surface area contributed by atoms with Gasteiger partial charge in [0.25, 0.3) is 0 Å². The van der Waals surface area contributed by atoms with E-state index in [1.54, 1.807) is 17.9 Å². The van der Waals surface area contributed by atoms with E-state index in [1.165, 1.54) is 0 Å². The third kappa shape index (κ3) is 8.24. The Morgan fingerprint density at radius 2 is 1.92 bits per heavy atom. The van der Waals surface area contributed by atoms with Crippen LogP contribution in [0.5, 0.6) is 0 Å². The van der Waals surface area contributed by atoms with Gasteiger partial charge in [-0.25, -0.2) is 13.4 Å². The molecule has 1 aromatic heterocycles. The minimum Gasteiger partial charge on any atom is -0.383 e. The molecule has 3 rings (SSSR count). The van der Waals surface area contributed by atoms with Crippen LogP contribution >= 0.6 is 12.2 Å². The maximum atomic E-state index is 13.4. The highest BCUT2D eigenvalue weighted by molar-refractivity contribution is 7.90. The molecule has 11 heteroatoms. The van der Waals surface area contributed by atoms with Crippen LogP contribution in [0.2, 0.25) is 0 Å². The Morgan fingerprint density at radius 3 is 2.56 bits per heavy atom. The second-order valence-corrected chi connectivity index (χ2v) is 11.7. The number of aryl methyl sites for hydroxylation is 1. The maximum Gasteiger partial charge on any atom is 0.228 e. The van der Waals surface area contributed by atoms with Gasteiger partial charge < -0.3 is 24.3 Å². The first-order valence-electron chi connectivity index (χ1n) is 12.4. The van der Waals surface area contributed by atoms with Crippen molar-refractivity contribution in [1.29, 1.82) is 0 Å². The number of imidazole rings is 1. The first kappa shape index (κ1) is 28.5. The van der Waals surface area contributed by atoms with E-state index in [2.05, 4.69) is 20.1 Å². The Labute approximate surface area is 220 Å². The molecular weight excluding hydrogens is 498 g/mol. The van der Waals surface area contributed by atoms with E-state index in [-0.39, 0.29) is 17.0 Å². The molecule has 0 radical (unpaired) electrons. The van der Waals surface area contributed by atoms with Crippen molar-refractivity contribution in [2.24, 2.45) is 0 Å². The second kappa shape index (κ2) is 13.5. The molecule has 0 amide bonds. The van der Waals surface area contributed by atoms with Crippen molar-refractivity contribution in [2.45, 2.75) is 50.8 Å². The predicted molar refractivity (Wildman–Crippen MR) is 145 cm³/mol. The summed E-state index contributed by atoms with van der Waals surface area (Å²) in [4.78, 5) is 8.82. The molecule has 0 spiro atoms. The second-order valence-electron chi connectivity index (χ2n) is 9.40. The molecule has 2 aromatic rings. The Bertz CT molecular complexity index is 1080. The summed E-state index contributed by atoms with van der Waals surface area (Å²) in [6, 6.07) is 7.72. The van der Waals surface area contributed by atoms with Crippen LogP contribution in [-0.2, 0) is 38.2 Å². The van der Waals surface area contributed by atoms with Crippen molar-refractivity contribution in [3.63, 3.8) is 0 Å². The third-order valence-corrected chi connectivity index (χ3v) is 7.99. The quantitative estimate of drug-likeness (QED) is 0.410. The van der Waals surface area contributed by atoms with Gasteiger partial charge >= 0.3 is 0 Å². The topological polar surface area (TPSA) is 88.9 Å². The molecule has 0 saturated carbocycles. The zero-order valence-electron chi connectivity index (χ0n) is 21.8. The van der Waals surface area contributed by atoms with E-state index in [9.17, 15) is 8.42 Å². The minimum atomic E-state index is -3.66. The normalized spacial score (nSPS) is 14.8. The average molecular weight is 538 g/mol. The summed E-state index contributed by atoms with van der Waals surface area (Å²) in [6.07, 6.45) is 1.65. The highest BCUT2D eigenvalue weighted by atomic mass is 32.2. The van der Waals surface area contributed by atoms with Gasteiger partial charge in [-0.2, -0.15) is 0 Å². The smallest absolute Gasteiger partial charge is 0.228 e. The number of rotatable bonds is 12. The number of hydrogen-bond acceptors (Lipinski definition) is 7. The first-order chi connectivity index (χ1) is 17.2. The predicted octanol–water partition coefficient (Wildman–Crippen LogP) is 2.23. The van der Waals surface area contributed by atoms with E-state index in [1.807, 2.05) is 45.0 Å². The number of ether oxygens (including phenoxy) is 2. The molecule has 1 N–H and O–H groups in total. The van der Waals surface area contributed by atoms with Gasteiger partial charge in [-0.3, -0.25) is 4.90 Å². The highest BCUT2D eigenvalue weighted by Gasteiger charge is 2.25. The largest absolute Gasteiger partial charge is 0.383 e. The molecular formula is C25H39N5O4S2. The first-order valence-corrected chi connectivity index (χ1v) is 14.4. The van der Waals surface area contributed by atoms with Crippen molar-refractivity contribution in [2.75, 3.05) is 53.1 Å². The fourth-order valence-electron chi connectivity index (χ4n) is 4.03. The molecule has 1 aliphatic rings. The Hall–Kier alpha value is -2.05. The molecule has 2 heterocycles. The monoisotopic (exact) mass is 537 g/mol. The number of morpholine rings is 1. The summed E-state index contributed by atoms with van der Waals surface area (Å²) >= 11 is 5.72. The van der Waals surface area contributed by atoms with Crippen molar-refractivity contribution < 1.29 is 17.9 Å². The number of nitrogens with zero attached hydrogens (tertiary/aromatic N) is 4. The number of sulfone groups is 1. The molecule has 9 nitrogen and oxygen atoms in total.